The average molecular weight is 483 g/mol. The van der Waals surface area contributed by atoms with Crippen LogP contribution in [-0.4, -0.2) is 42.1 Å². The van der Waals surface area contributed by atoms with Gasteiger partial charge in [-0.2, -0.15) is 9.40 Å². The van der Waals surface area contributed by atoms with Gasteiger partial charge in [0, 0.05) is 54.7 Å². The maximum atomic E-state index is 15.2. The number of rotatable bonds is 5. The summed E-state index contributed by atoms with van der Waals surface area (Å²) in [6, 6.07) is 16.4. The number of hydrogen-bond donors (Lipinski definition) is 1. The Balaban J connectivity index is 1.30. The van der Waals surface area contributed by atoms with E-state index in [-0.39, 0.29) is 18.4 Å². The predicted octanol–water partition coefficient (Wildman–Crippen LogP) is 4.99. The smallest absolute Gasteiger partial charge is 0.221 e. The fraction of sp³-hybridized carbons (Fsp3) is 0.423. The first-order valence-electron chi connectivity index (χ1n) is 12.0. The Bertz CT molecular complexity index is 1210. The molecule has 1 N–H and O–H groups in total. The molecule has 2 atom stereocenters. The van der Waals surface area contributed by atoms with Gasteiger partial charge in [-0.05, 0) is 56.4 Å². The minimum atomic E-state index is -3.59. The third-order valence-electron chi connectivity index (χ3n) is 7.38. The van der Waals surface area contributed by atoms with Crippen molar-refractivity contribution in [1.29, 1.82) is 0 Å². The summed E-state index contributed by atoms with van der Waals surface area (Å²) in [6.45, 7) is 3.66. The molecule has 1 aromatic heterocycles. The molecule has 3 aromatic rings. The molecule has 2 aromatic carbocycles. The number of piperidine rings is 1. The Kier molecular flexibility index (Phi) is 6.44. The topological polar surface area (TPSA) is 69.3 Å². The number of anilines is 1. The lowest BCUT2D eigenvalue weighted by Crippen LogP contribution is -2.44. The largest absolute Gasteiger partial charge is 0.371 e. The number of hydrogen-bond acceptors (Lipinski definition) is 4. The molecule has 3 heterocycles. The first kappa shape index (κ1) is 23.1. The Morgan fingerprint density at radius 2 is 1.79 bits per heavy atom. The van der Waals surface area contributed by atoms with Gasteiger partial charge in [0.2, 0.25) is 10.0 Å². The van der Waals surface area contributed by atoms with E-state index >= 15 is 4.39 Å². The molecule has 2 fully saturated rings. The zero-order valence-electron chi connectivity index (χ0n) is 19.4. The third kappa shape index (κ3) is 4.49. The molecule has 34 heavy (non-hydrogen) atoms. The van der Waals surface area contributed by atoms with E-state index in [0.717, 1.165) is 49.3 Å². The Morgan fingerprint density at radius 3 is 2.47 bits per heavy atom. The number of aromatic nitrogens is 2. The van der Waals surface area contributed by atoms with Crippen LogP contribution in [0.1, 0.15) is 60.6 Å². The quantitative estimate of drug-likeness (QED) is 0.556. The number of nitrogens with one attached hydrogen (secondary N) is 1. The lowest BCUT2D eigenvalue weighted by Gasteiger charge is -2.37. The van der Waals surface area contributed by atoms with Crippen LogP contribution in [0.3, 0.4) is 0 Å². The molecule has 0 spiro atoms. The van der Waals surface area contributed by atoms with Crippen LogP contribution in [0.2, 0.25) is 0 Å². The lowest BCUT2D eigenvalue weighted by molar-refractivity contribution is 0.279. The molecule has 0 bridgehead atoms. The van der Waals surface area contributed by atoms with Gasteiger partial charge in [0.15, 0.2) is 0 Å². The maximum absolute atomic E-state index is 15.2. The normalized spacial score (nSPS) is 23.8. The van der Waals surface area contributed by atoms with E-state index in [1.54, 1.807) is 18.3 Å². The molecular formula is C26H31FN4O2S. The number of benzene rings is 2. The van der Waals surface area contributed by atoms with Crippen LogP contribution in [0.4, 0.5) is 10.1 Å². The van der Waals surface area contributed by atoms with Gasteiger partial charge < -0.3 is 4.90 Å². The van der Waals surface area contributed by atoms with E-state index in [2.05, 4.69) is 15.1 Å². The lowest BCUT2D eigenvalue weighted by atomic mass is 9.93. The summed E-state index contributed by atoms with van der Waals surface area (Å²) in [4.78, 5) is 2.20. The molecule has 6 nitrogen and oxygen atoms in total. The summed E-state index contributed by atoms with van der Waals surface area (Å²) in [6.07, 6.45) is 5.08. The summed E-state index contributed by atoms with van der Waals surface area (Å²) >= 11 is 0. The Morgan fingerprint density at radius 1 is 1.03 bits per heavy atom. The van der Waals surface area contributed by atoms with E-state index in [4.69, 9.17) is 0 Å². The summed E-state index contributed by atoms with van der Waals surface area (Å²) in [5.41, 5.74) is 3.22. The van der Waals surface area contributed by atoms with Gasteiger partial charge in [-0.15, -0.1) is 0 Å². The highest BCUT2D eigenvalue weighted by atomic mass is 32.2. The molecule has 0 radical (unpaired) electrons. The van der Waals surface area contributed by atoms with Crippen LogP contribution >= 0.6 is 0 Å². The van der Waals surface area contributed by atoms with Crippen molar-refractivity contribution < 1.29 is 12.8 Å². The van der Waals surface area contributed by atoms with Crippen molar-refractivity contribution in [3.8, 4) is 0 Å². The average Bonchev–Trinajstić information content (AvgIpc) is 3.38. The van der Waals surface area contributed by atoms with Crippen molar-refractivity contribution in [2.45, 2.75) is 56.4 Å². The highest BCUT2D eigenvalue weighted by Crippen LogP contribution is 2.38. The van der Waals surface area contributed by atoms with Crippen LogP contribution in [0.15, 0.2) is 60.8 Å². The highest BCUT2D eigenvalue weighted by molar-refractivity contribution is 7.89. The zero-order chi connectivity index (χ0) is 23.7. The van der Waals surface area contributed by atoms with Crippen molar-refractivity contribution in [3.63, 3.8) is 0 Å². The number of sulfonamides is 1. The fourth-order valence-electron chi connectivity index (χ4n) is 5.32. The molecule has 0 amide bonds. The second-order valence-corrected chi connectivity index (χ2v) is 11.5. The number of H-pyrrole nitrogens is 1. The summed E-state index contributed by atoms with van der Waals surface area (Å²) in [5, 5.41) is 6.52. The molecule has 0 saturated carbocycles. The van der Waals surface area contributed by atoms with E-state index in [1.165, 1.54) is 4.31 Å². The molecule has 5 rings (SSSR count). The van der Waals surface area contributed by atoms with E-state index < -0.39 is 15.3 Å². The summed E-state index contributed by atoms with van der Waals surface area (Å²) < 4.78 is 43.6. The van der Waals surface area contributed by atoms with Gasteiger partial charge >= 0.3 is 0 Å². The number of nitrogens with zero attached hydrogens (tertiary/aromatic N) is 3. The van der Waals surface area contributed by atoms with Gasteiger partial charge in [0.1, 0.15) is 11.1 Å². The first-order valence-corrected chi connectivity index (χ1v) is 13.5. The maximum Gasteiger partial charge on any atom is 0.221 e. The van der Waals surface area contributed by atoms with Crippen molar-refractivity contribution in [2.24, 2.45) is 0 Å². The van der Waals surface area contributed by atoms with Crippen molar-refractivity contribution in [2.75, 3.05) is 18.0 Å². The second kappa shape index (κ2) is 9.50. The van der Waals surface area contributed by atoms with E-state index in [1.807, 2.05) is 49.4 Å². The predicted molar refractivity (Wildman–Crippen MR) is 132 cm³/mol. The standard InChI is InChI=1S/C26H31FN4O2S/c1-19-7-10-26(21-5-3-2-4-6-21)34(32,33)31(19)18-22-8-9-23(17-24(22)27)30-15-12-20(13-16-30)25-11-14-28-29-25/h2-6,8-9,11,14,17,19-20,26H,7,10,12-13,15-16,18H2,1H3,(H,28,29)/t19-,26?/m0/s1. The van der Waals surface area contributed by atoms with Crippen LogP contribution < -0.4 is 4.90 Å². The second-order valence-electron chi connectivity index (χ2n) is 9.46. The van der Waals surface area contributed by atoms with Crippen LogP contribution in [0.25, 0.3) is 0 Å². The highest BCUT2D eigenvalue weighted by Gasteiger charge is 2.40. The molecule has 0 aliphatic carbocycles. The summed E-state index contributed by atoms with van der Waals surface area (Å²) in [5.74, 6) is 0.101. The van der Waals surface area contributed by atoms with Crippen LogP contribution in [0, 0.1) is 5.82 Å². The molecule has 2 saturated heterocycles. The molecule has 2 aliphatic rings. The number of halogens is 1. The van der Waals surface area contributed by atoms with Gasteiger partial charge in [-0.25, -0.2) is 12.8 Å². The van der Waals surface area contributed by atoms with Crippen molar-refractivity contribution in [3.05, 3.63) is 83.4 Å². The van der Waals surface area contributed by atoms with E-state index in [0.29, 0.717) is 17.9 Å². The van der Waals surface area contributed by atoms with Crippen LogP contribution in [-0.2, 0) is 16.6 Å². The molecule has 2 aliphatic heterocycles. The first-order chi connectivity index (χ1) is 16.4. The van der Waals surface area contributed by atoms with Crippen molar-refractivity contribution >= 4 is 15.7 Å². The van der Waals surface area contributed by atoms with Gasteiger partial charge in [-0.3, -0.25) is 5.10 Å². The molecular weight excluding hydrogens is 451 g/mol. The SMILES string of the molecule is C[C@H]1CCC(c2ccccc2)S(=O)(=O)N1Cc1ccc(N2CCC(c3ccn[nH]3)CC2)cc1F. The molecule has 180 valence electrons. The Labute approximate surface area is 200 Å². The van der Waals surface area contributed by atoms with Crippen LogP contribution in [0.5, 0.6) is 0 Å². The zero-order valence-corrected chi connectivity index (χ0v) is 20.2. The molecule has 8 heteroatoms. The summed E-state index contributed by atoms with van der Waals surface area (Å²) in [7, 11) is -3.59. The van der Waals surface area contributed by atoms with E-state index in [9.17, 15) is 8.42 Å². The Hall–Kier alpha value is -2.71. The van der Waals surface area contributed by atoms with Gasteiger partial charge in [-0.1, -0.05) is 36.4 Å². The monoisotopic (exact) mass is 482 g/mol. The minimum Gasteiger partial charge on any atom is -0.371 e. The minimum absolute atomic E-state index is 0.0564. The third-order valence-corrected chi connectivity index (χ3v) is 9.75. The van der Waals surface area contributed by atoms with Gasteiger partial charge in [0.25, 0.3) is 0 Å². The fourth-order valence-corrected chi connectivity index (χ4v) is 7.51. The van der Waals surface area contributed by atoms with Crippen molar-refractivity contribution in [1.82, 2.24) is 14.5 Å². The van der Waals surface area contributed by atoms with Gasteiger partial charge in [0.05, 0.1) is 0 Å². The molecule has 1 unspecified atom stereocenters. The number of aromatic amines is 1.